The zero-order valence-electron chi connectivity index (χ0n) is 11.3. The molecular weight excluding hydrogens is 242 g/mol. The van der Waals surface area contributed by atoms with E-state index in [4.69, 9.17) is 4.74 Å². The molecule has 4 nitrogen and oxygen atoms in total. The largest absolute Gasteiger partial charge is 0.464 e. The summed E-state index contributed by atoms with van der Waals surface area (Å²) >= 11 is 0. The molecule has 1 heterocycles. The van der Waals surface area contributed by atoms with Crippen molar-refractivity contribution in [3.05, 3.63) is 35.4 Å². The molecule has 2 atom stereocenters. The van der Waals surface area contributed by atoms with E-state index in [2.05, 4.69) is 12.2 Å². The Bertz CT molecular complexity index is 484. The van der Waals surface area contributed by atoms with Gasteiger partial charge in [0.1, 0.15) is 6.04 Å². The molecule has 2 rings (SSSR count). The number of rotatable bonds is 4. The first-order valence-corrected chi connectivity index (χ1v) is 6.71. The van der Waals surface area contributed by atoms with Crippen molar-refractivity contribution < 1.29 is 14.3 Å². The number of carbonyl (C=O) groups is 2. The van der Waals surface area contributed by atoms with Crippen LogP contribution in [0.1, 0.15) is 37.3 Å². The van der Waals surface area contributed by atoms with Crippen molar-refractivity contribution in [2.24, 2.45) is 0 Å². The fourth-order valence-corrected chi connectivity index (χ4v) is 2.61. The summed E-state index contributed by atoms with van der Waals surface area (Å²) in [5, 5.41) is 2.72. The van der Waals surface area contributed by atoms with Crippen LogP contribution in [0.25, 0.3) is 0 Å². The molecule has 1 aromatic rings. The zero-order valence-corrected chi connectivity index (χ0v) is 11.3. The second-order valence-electron chi connectivity index (χ2n) is 4.66. The molecule has 2 unspecified atom stereocenters. The molecule has 1 saturated heterocycles. The molecule has 0 radical (unpaired) electrons. The molecule has 0 spiro atoms. The molecule has 1 aliphatic heterocycles. The molecule has 0 aliphatic carbocycles. The van der Waals surface area contributed by atoms with Crippen molar-refractivity contribution in [3.63, 3.8) is 0 Å². The topological polar surface area (TPSA) is 55.4 Å². The fourth-order valence-electron chi connectivity index (χ4n) is 2.61. The minimum absolute atomic E-state index is 0.0889. The highest BCUT2D eigenvalue weighted by Gasteiger charge is 2.39. The normalized spacial score (nSPS) is 22.1. The Morgan fingerprint density at radius 3 is 2.79 bits per heavy atom. The third-order valence-electron chi connectivity index (χ3n) is 3.50. The molecule has 0 saturated carbocycles. The second-order valence-corrected chi connectivity index (χ2v) is 4.66. The van der Waals surface area contributed by atoms with Gasteiger partial charge >= 0.3 is 5.97 Å². The summed E-state index contributed by atoms with van der Waals surface area (Å²) in [4.78, 5) is 23.6. The van der Waals surface area contributed by atoms with Crippen molar-refractivity contribution in [2.45, 2.75) is 38.6 Å². The van der Waals surface area contributed by atoms with Crippen LogP contribution < -0.4 is 5.32 Å². The predicted molar refractivity (Wildman–Crippen MR) is 71.7 cm³/mol. The summed E-state index contributed by atoms with van der Waals surface area (Å²) in [7, 11) is 0. The number of hydrogen-bond donors (Lipinski definition) is 1. The molecule has 102 valence electrons. The molecule has 0 bridgehead atoms. The van der Waals surface area contributed by atoms with Crippen LogP contribution in [0.15, 0.2) is 24.3 Å². The minimum Gasteiger partial charge on any atom is -0.464 e. The van der Waals surface area contributed by atoms with Gasteiger partial charge in [-0.3, -0.25) is 4.79 Å². The molecule has 4 heteroatoms. The number of amides is 1. The van der Waals surface area contributed by atoms with E-state index in [-0.39, 0.29) is 17.8 Å². The highest BCUT2D eigenvalue weighted by Crippen LogP contribution is 2.31. The third kappa shape index (κ3) is 2.78. The van der Waals surface area contributed by atoms with E-state index < -0.39 is 6.04 Å². The number of nitrogens with one attached hydrogen (secondary N) is 1. The van der Waals surface area contributed by atoms with E-state index in [1.165, 1.54) is 5.56 Å². The van der Waals surface area contributed by atoms with E-state index in [0.717, 1.165) is 12.0 Å². The van der Waals surface area contributed by atoms with Gasteiger partial charge in [0.25, 0.3) is 0 Å². The lowest BCUT2D eigenvalue weighted by Crippen LogP contribution is -2.37. The summed E-state index contributed by atoms with van der Waals surface area (Å²) in [6.07, 6.45) is 1.23. The Morgan fingerprint density at radius 2 is 2.11 bits per heavy atom. The summed E-state index contributed by atoms with van der Waals surface area (Å²) < 4.78 is 5.05. The molecule has 1 aromatic carbocycles. The Hall–Kier alpha value is -1.84. The molecule has 1 amide bonds. The van der Waals surface area contributed by atoms with Gasteiger partial charge in [-0.15, -0.1) is 0 Å². The first kappa shape index (κ1) is 13.6. The van der Waals surface area contributed by atoms with Crippen LogP contribution in [0, 0.1) is 0 Å². The monoisotopic (exact) mass is 261 g/mol. The van der Waals surface area contributed by atoms with Crippen LogP contribution in [0.5, 0.6) is 0 Å². The van der Waals surface area contributed by atoms with Gasteiger partial charge in [-0.25, -0.2) is 4.79 Å². The van der Waals surface area contributed by atoms with Gasteiger partial charge in [0.05, 0.1) is 6.61 Å². The lowest BCUT2D eigenvalue weighted by Gasteiger charge is -2.20. The zero-order chi connectivity index (χ0) is 13.8. The smallest absolute Gasteiger partial charge is 0.329 e. The van der Waals surface area contributed by atoms with Crippen LogP contribution in [-0.4, -0.2) is 24.5 Å². The maximum atomic E-state index is 11.9. The van der Waals surface area contributed by atoms with Crippen LogP contribution in [-0.2, 0) is 20.7 Å². The van der Waals surface area contributed by atoms with Crippen molar-refractivity contribution >= 4 is 11.9 Å². The average Bonchev–Trinajstić information content (AvgIpc) is 2.81. The summed E-state index contributed by atoms with van der Waals surface area (Å²) in [6.45, 7) is 4.17. The lowest BCUT2D eigenvalue weighted by atomic mass is 9.87. The molecule has 1 N–H and O–H groups in total. The number of hydrogen-bond acceptors (Lipinski definition) is 3. The quantitative estimate of drug-likeness (QED) is 0.841. The molecule has 1 aliphatic rings. The first-order chi connectivity index (χ1) is 9.17. The Kier molecular flexibility index (Phi) is 4.20. The van der Waals surface area contributed by atoms with Gasteiger partial charge in [-0.05, 0) is 24.5 Å². The Labute approximate surface area is 113 Å². The molecule has 0 aromatic heterocycles. The van der Waals surface area contributed by atoms with Crippen molar-refractivity contribution in [3.8, 4) is 0 Å². The van der Waals surface area contributed by atoms with Crippen molar-refractivity contribution in [2.75, 3.05) is 6.61 Å². The number of ether oxygens (including phenoxy) is 1. The van der Waals surface area contributed by atoms with E-state index in [1.807, 2.05) is 24.3 Å². The first-order valence-electron chi connectivity index (χ1n) is 6.71. The van der Waals surface area contributed by atoms with E-state index in [9.17, 15) is 9.59 Å². The standard InChI is InChI=1S/C15H19NO3/c1-3-10-7-5-6-8-11(10)12-9-13(17)16-14(12)15(18)19-4-2/h5-8,12,14H,3-4,9H2,1-2H3,(H,16,17). The maximum absolute atomic E-state index is 11.9. The van der Waals surface area contributed by atoms with Gasteiger partial charge in [-0.2, -0.15) is 0 Å². The minimum atomic E-state index is -0.555. The molecular formula is C15H19NO3. The molecule has 19 heavy (non-hydrogen) atoms. The van der Waals surface area contributed by atoms with Gasteiger partial charge < -0.3 is 10.1 Å². The van der Waals surface area contributed by atoms with Gasteiger partial charge in [0.2, 0.25) is 5.91 Å². The number of carbonyl (C=O) groups excluding carboxylic acids is 2. The lowest BCUT2D eigenvalue weighted by molar-refractivity contribution is -0.146. The van der Waals surface area contributed by atoms with Crippen LogP contribution in [0.3, 0.4) is 0 Å². The Balaban J connectivity index is 2.30. The maximum Gasteiger partial charge on any atom is 0.329 e. The van der Waals surface area contributed by atoms with Crippen LogP contribution >= 0.6 is 0 Å². The van der Waals surface area contributed by atoms with Crippen molar-refractivity contribution in [1.29, 1.82) is 0 Å². The summed E-state index contributed by atoms with van der Waals surface area (Å²) in [5.74, 6) is -0.555. The van der Waals surface area contributed by atoms with Gasteiger partial charge in [-0.1, -0.05) is 31.2 Å². The summed E-state index contributed by atoms with van der Waals surface area (Å²) in [5.41, 5.74) is 2.25. The third-order valence-corrected chi connectivity index (χ3v) is 3.50. The van der Waals surface area contributed by atoms with E-state index in [0.29, 0.717) is 13.0 Å². The second kappa shape index (κ2) is 5.87. The predicted octanol–water partition coefficient (Wildman–Crippen LogP) is 1.78. The fraction of sp³-hybridized carbons (Fsp3) is 0.467. The Morgan fingerprint density at radius 1 is 1.37 bits per heavy atom. The van der Waals surface area contributed by atoms with Gasteiger partial charge in [0.15, 0.2) is 0 Å². The van der Waals surface area contributed by atoms with Crippen LogP contribution in [0.4, 0.5) is 0 Å². The number of aryl methyl sites for hydroxylation is 1. The highest BCUT2D eigenvalue weighted by atomic mass is 16.5. The number of benzene rings is 1. The number of esters is 1. The molecule has 1 fully saturated rings. The van der Waals surface area contributed by atoms with E-state index in [1.54, 1.807) is 6.92 Å². The summed E-state index contributed by atoms with van der Waals surface area (Å²) in [6, 6.07) is 7.40. The van der Waals surface area contributed by atoms with Crippen molar-refractivity contribution in [1.82, 2.24) is 5.32 Å². The SMILES string of the molecule is CCOC(=O)C1NC(=O)CC1c1ccccc1CC. The average molecular weight is 261 g/mol. The van der Waals surface area contributed by atoms with Gasteiger partial charge in [0, 0.05) is 12.3 Å². The highest BCUT2D eigenvalue weighted by molar-refractivity contribution is 5.90. The van der Waals surface area contributed by atoms with Crippen LogP contribution in [0.2, 0.25) is 0 Å². The van der Waals surface area contributed by atoms with E-state index >= 15 is 0 Å².